The predicted molar refractivity (Wildman–Crippen MR) is 85.4 cm³/mol. The van der Waals surface area contributed by atoms with E-state index in [1.165, 1.54) is 18.2 Å². The lowest BCUT2D eigenvalue weighted by molar-refractivity contribution is -0.274. The van der Waals surface area contributed by atoms with Gasteiger partial charge in [0.15, 0.2) is 0 Å². The van der Waals surface area contributed by atoms with Crippen LogP contribution in [0.1, 0.15) is 0 Å². The van der Waals surface area contributed by atoms with Crippen LogP contribution in [0, 0.1) is 0 Å². The molecule has 1 unspecified atom stereocenters. The van der Waals surface area contributed by atoms with E-state index >= 15 is 0 Å². The minimum atomic E-state index is -4.77. The largest absolute Gasteiger partial charge is 0.573 e. The Labute approximate surface area is 146 Å². The summed E-state index contributed by atoms with van der Waals surface area (Å²) in [5.41, 5.74) is 0.631. The molecule has 1 aromatic carbocycles. The van der Waals surface area contributed by atoms with E-state index < -0.39 is 22.7 Å². The number of hydrogen-bond acceptors (Lipinski definition) is 6. The Hall–Kier alpha value is -1.04. The highest BCUT2D eigenvalue weighted by Gasteiger charge is 2.32. The lowest BCUT2D eigenvalue weighted by Crippen LogP contribution is -2.53. The van der Waals surface area contributed by atoms with Crippen molar-refractivity contribution >= 4 is 31.7 Å². The van der Waals surface area contributed by atoms with Crippen LogP contribution in [0.5, 0.6) is 5.75 Å². The Morgan fingerprint density at radius 3 is 2.50 bits per heavy atom. The molecule has 1 heterocycles. The molecule has 136 valence electrons. The summed E-state index contributed by atoms with van der Waals surface area (Å²) in [5, 5.41) is 0. The summed E-state index contributed by atoms with van der Waals surface area (Å²) in [7, 11) is -1.88. The summed E-state index contributed by atoms with van der Waals surface area (Å²) in [6.07, 6.45) is -4.47. The third kappa shape index (κ3) is 5.50. The standard InChI is InChI=1S/C13H16BrF3N2O4S/c1-18-5-6-19(8-12(18)23-24(2,20)21)9-3-4-11(10(14)7-9)22-13(15,16)17/h3-4,7,12H,5-6,8H2,1-2H3. The zero-order valence-corrected chi connectivity index (χ0v) is 15.3. The van der Waals surface area contributed by atoms with E-state index in [1.807, 2.05) is 4.90 Å². The second-order valence-corrected chi connectivity index (χ2v) is 7.80. The van der Waals surface area contributed by atoms with Gasteiger partial charge in [-0.3, -0.25) is 4.90 Å². The summed E-state index contributed by atoms with van der Waals surface area (Å²) < 4.78 is 68.6. The number of benzene rings is 1. The molecule has 6 nitrogen and oxygen atoms in total. The Balaban J connectivity index is 2.15. The lowest BCUT2D eigenvalue weighted by atomic mass is 10.2. The first-order chi connectivity index (χ1) is 10.9. The quantitative estimate of drug-likeness (QED) is 0.680. The molecule has 0 aliphatic carbocycles. The highest BCUT2D eigenvalue weighted by molar-refractivity contribution is 9.10. The van der Waals surface area contributed by atoms with E-state index in [0.717, 1.165) is 6.26 Å². The zero-order valence-electron chi connectivity index (χ0n) is 12.9. The van der Waals surface area contributed by atoms with E-state index in [-0.39, 0.29) is 16.8 Å². The molecule has 0 radical (unpaired) electrons. The van der Waals surface area contributed by atoms with Crippen LogP contribution in [0.15, 0.2) is 22.7 Å². The molecule has 1 aliphatic heterocycles. The molecule has 1 fully saturated rings. The number of alkyl halides is 3. The first kappa shape index (κ1) is 19.3. The molecule has 0 aromatic heterocycles. The van der Waals surface area contributed by atoms with Gasteiger partial charge in [-0.2, -0.15) is 8.42 Å². The summed E-state index contributed by atoms with van der Waals surface area (Å²) in [5.74, 6) is -0.343. The fourth-order valence-electron chi connectivity index (χ4n) is 2.28. The average Bonchev–Trinajstić information content (AvgIpc) is 2.41. The van der Waals surface area contributed by atoms with E-state index in [9.17, 15) is 21.6 Å². The van der Waals surface area contributed by atoms with Crippen LogP contribution in [0.4, 0.5) is 18.9 Å². The second-order valence-electron chi connectivity index (χ2n) is 5.34. The van der Waals surface area contributed by atoms with E-state index in [4.69, 9.17) is 4.18 Å². The minimum absolute atomic E-state index is 0.150. The molecule has 0 saturated carbocycles. The molecular formula is C13H16BrF3N2O4S. The van der Waals surface area contributed by atoms with Crippen LogP contribution in [-0.4, -0.2) is 58.8 Å². The Morgan fingerprint density at radius 2 is 1.96 bits per heavy atom. The molecule has 0 spiro atoms. The van der Waals surface area contributed by atoms with Crippen molar-refractivity contribution in [1.82, 2.24) is 4.90 Å². The van der Waals surface area contributed by atoms with Gasteiger partial charge >= 0.3 is 6.36 Å². The molecule has 2 rings (SSSR count). The van der Waals surface area contributed by atoms with Crippen LogP contribution >= 0.6 is 15.9 Å². The van der Waals surface area contributed by atoms with Gasteiger partial charge in [0, 0.05) is 18.8 Å². The molecule has 1 atom stereocenters. The summed E-state index contributed by atoms with van der Waals surface area (Å²) in [6.45, 7) is 1.38. The van der Waals surface area contributed by atoms with Gasteiger partial charge in [-0.05, 0) is 41.2 Å². The normalized spacial score (nSPS) is 20.2. The maximum absolute atomic E-state index is 12.3. The van der Waals surface area contributed by atoms with Gasteiger partial charge in [0.25, 0.3) is 10.1 Å². The third-order valence-electron chi connectivity index (χ3n) is 3.38. The van der Waals surface area contributed by atoms with Crippen molar-refractivity contribution in [1.29, 1.82) is 0 Å². The van der Waals surface area contributed by atoms with Gasteiger partial charge in [0.2, 0.25) is 0 Å². The zero-order chi connectivity index (χ0) is 18.1. The maximum Gasteiger partial charge on any atom is 0.573 e. The van der Waals surface area contributed by atoms with Crippen LogP contribution in [0.25, 0.3) is 0 Å². The third-order valence-corrected chi connectivity index (χ3v) is 4.57. The molecular weight excluding hydrogens is 417 g/mol. The smallest absolute Gasteiger partial charge is 0.405 e. The van der Waals surface area contributed by atoms with Crippen molar-refractivity contribution in [3.05, 3.63) is 22.7 Å². The van der Waals surface area contributed by atoms with Crippen LogP contribution in [0.2, 0.25) is 0 Å². The molecule has 1 aromatic rings. The fraction of sp³-hybridized carbons (Fsp3) is 0.538. The van der Waals surface area contributed by atoms with Crippen LogP contribution in [-0.2, 0) is 14.3 Å². The molecule has 1 saturated heterocycles. The number of ether oxygens (including phenoxy) is 1. The monoisotopic (exact) mass is 432 g/mol. The number of rotatable bonds is 4. The van der Waals surface area contributed by atoms with Gasteiger partial charge in [-0.25, -0.2) is 4.18 Å². The van der Waals surface area contributed by atoms with Crippen molar-refractivity contribution in [3.63, 3.8) is 0 Å². The first-order valence-corrected chi connectivity index (χ1v) is 9.44. The van der Waals surface area contributed by atoms with Crippen molar-refractivity contribution in [2.75, 3.05) is 37.8 Å². The highest BCUT2D eigenvalue weighted by Crippen LogP contribution is 2.34. The number of hydrogen-bond donors (Lipinski definition) is 0. The van der Waals surface area contributed by atoms with Gasteiger partial charge in [-0.15, -0.1) is 13.2 Å². The SMILES string of the molecule is CN1CCN(c2ccc(OC(F)(F)F)c(Br)c2)CC1OS(C)(=O)=O. The van der Waals surface area contributed by atoms with Crippen molar-refractivity contribution in [3.8, 4) is 5.75 Å². The van der Waals surface area contributed by atoms with Gasteiger partial charge in [0.05, 0.1) is 17.3 Å². The maximum atomic E-state index is 12.3. The Kier molecular flexibility index (Phi) is 5.68. The molecule has 0 bridgehead atoms. The van der Waals surface area contributed by atoms with Crippen LogP contribution < -0.4 is 9.64 Å². The lowest BCUT2D eigenvalue weighted by Gasteiger charge is -2.39. The number of nitrogens with zero attached hydrogens (tertiary/aromatic N) is 2. The number of anilines is 1. The fourth-order valence-corrected chi connectivity index (χ4v) is 3.33. The topological polar surface area (TPSA) is 59.1 Å². The van der Waals surface area contributed by atoms with Gasteiger partial charge in [0.1, 0.15) is 12.0 Å². The number of likely N-dealkylation sites (N-methyl/N-ethyl adjacent to an activating group) is 1. The van der Waals surface area contributed by atoms with E-state index in [2.05, 4.69) is 20.7 Å². The van der Waals surface area contributed by atoms with E-state index in [0.29, 0.717) is 18.8 Å². The van der Waals surface area contributed by atoms with Crippen LogP contribution in [0.3, 0.4) is 0 Å². The Morgan fingerprint density at radius 1 is 1.29 bits per heavy atom. The molecule has 0 N–H and O–H groups in total. The van der Waals surface area contributed by atoms with Crippen molar-refractivity contribution in [2.45, 2.75) is 12.6 Å². The predicted octanol–water partition coefficient (Wildman–Crippen LogP) is 2.40. The second kappa shape index (κ2) is 7.06. The summed E-state index contributed by atoms with van der Waals surface area (Å²) >= 11 is 3.05. The summed E-state index contributed by atoms with van der Waals surface area (Å²) in [4.78, 5) is 3.59. The number of piperazine rings is 1. The first-order valence-electron chi connectivity index (χ1n) is 6.83. The molecule has 24 heavy (non-hydrogen) atoms. The minimum Gasteiger partial charge on any atom is -0.405 e. The summed E-state index contributed by atoms with van der Waals surface area (Å²) in [6, 6.07) is 4.18. The average molecular weight is 433 g/mol. The highest BCUT2D eigenvalue weighted by atomic mass is 79.9. The molecule has 1 aliphatic rings. The van der Waals surface area contributed by atoms with Gasteiger partial charge < -0.3 is 9.64 Å². The number of halogens is 4. The molecule has 0 amide bonds. The molecule has 11 heteroatoms. The van der Waals surface area contributed by atoms with Crippen molar-refractivity contribution < 1.29 is 30.5 Å². The Bertz CT molecular complexity index is 699. The van der Waals surface area contributed by atoms with Crippen molar-refractivity contribution in [2.24, 2.45) is 0 Å². The van der Waals surface area contributed by atoms with Gasteiger partial charge in [-0.1, -0.05) is 0 Å². The van der Waals surface area contributed by atoms with E-state index in [1.54, 1.807) is 11.9 Å².